The van der Waals surface area contributed by atoms with Crippen molar-refractivity contribution >= 4 is 17.7 Å². The molecule has 9 aliphatic rings. The number of nitrogens with one attached hydrogen (secondary N) is 3. The Morgan fingerprint density at radius 1 is 0.264 bits per heavy atom. The van der Waals surface area contributed by atoms with E-state index in [4.69, 9.17) is 80.5 Å². The van der Waals surface area contributed by atoms with Crippen LogP contribution < -0.4 is 16.0 Å². The van der Waals surface area contributed by atoms with Crippen LogP contribution >= 0.6 is 0 Å². The Kier molecular flexibility index (Phi) is 30.4. The number of carbonyl (C=O) groups excluding carboxylic acids is 3. The first-order valence-corrected chi connectivity index (χ1v) is 34.2. The van der Waals surface area contributed by atoms with Crippen molar-refractivity contribution in [3.63, 3.8) is 0 Å². The van der Waals surface area contributed by atoms with Gasteiger partial charge < -0.3 is 214 Å². The zero-order valence-electron chi connectivity index (χ0n) is 57.7. The molecule has 0 radical (unpaired) electrons. The molecule has 26 N–H and O–H groups in total. The highest BCUT2D eigenvalue weighted by Gasteiger charge is 2.61. The van der Waals surface area contributed by atoms with Crippen molar-refractivity contribution in [2.24, 2.45) is 0 Å². The fraction of sp³-hybridized carbons (Fsp3) is 0.950. The van der Waals surface area contributed by atoms with Crippen molar-refractivity contribution in [2.45, 2.75) is 318 Å². The van der Waals surface area contributed by atoms with Crippen LogP contribution in [0, 0.1) is 0 Å². The molecule has 0 spiro atoms. The largest absolute Gasteiger partial charge is 0.394 e. The average Bonchev–Trinajstić information content (AvgIpc) is 0.764. The Balaban J connectivity index is 0.970. The van der Waals surface area contributed by atoms with Crippen LogP contribution in [0.1, 0.15) is 41.5 Å². The van der Waals surface area contributed by atoms with Crippen molar-refractivity contribution in [2.75, 3.05) is 39.6 Å². The van der Waals surface area contributed by atoms with Gasteiger partial charge in [0.25, 0.3) is 0 Å². The molecule has 9 heterocycles. The summed E-state index contributed by atoms with van der Waals surface area (Å²) in [6.07, 6.45) is -81.7. The van der Waals surface area contributed by atoms with Gasteiger partial charge in [-0.05, 0) is 20.8 Å². The van der Waals surface area contributed by atoms with Gasteiger partial charge >= 0.3 is 0 Å². The zero-order chi connectivity index (χ0) is 78.1. The summed E-state index contributed by atoms with van der Waals surface area (Å²) < 4.78 is 101. The van der Waals surface area contributed by atoms with E-state index < -0.39 is 334 Å². The molecule has 46 nitrogen and oxygen atoms in total. The Hall–Kier alpha value is -3.19. The van der Waals surface area contributed by atoms with E-state index in [1.54, 1.807) is 0 Å². The number of hydrogen-bond donors (Lipinski definition) is 26. The van der Waals surface area contributed by atoms with E-state index in [-0.39, 0.29) is 0 Å². The highest BCUT2D eigenvalue weighted by atomic mass is 16.8. The number of rotatable bonds is 25. The molecule has 614 valence electrons. The lowest BCUT2D eigenvalue weighted by molar-refractivity contribution is -0.400. The topological polar surface area (TPSA) is 710 Å². The third-order valence-corrected chi connectivity index (χ3v) is 19.8. The van der Waals surface area contributed by atoms with Crippen molar-refractivity contribution in [1.29, 1.82) is 0 Å². The predicted molar refractivity (Wildman–Crippen MR) is 328 cm³/mol. The van der Waals surface area contributed by atoms with Gasteiger partial charge in [-0.3, -0.25) is 14.4 Å². The summed E-state index contributed by atoms with van der Waals surface area (Å²) in [5, 5.41) is 262. The Morgan fingerprint density at radius 2 is 0.594 bits per heavy atom. The second-order valence-corrected chi connectivity index (χ2v) is 27.4. The SMILES string of the molecule is CC(=O)N[C@H]1[C@H](OC[C@H]2OC(O)[C@H](NC(C)=O)[C@@H](O[C@@H]3O[C@H](CO)[C@H](O)[C@H](O)[C@H]3O[C@@H]3O[C@@H](C)[C@@H](O)[C@@H](O)[C@@H]3O)[C@H]2O)O[C@H](CO)[C@@H](O[C@@H]2O[C@H](CO)[C@H](O)[C@H](O[C@@H]3O[C@H](CO)[C@@H](O[C@@H]4O[C@@H](C)[C@@H](O)[C@@H](O)[C@@H]4O)[C@H](O[C@@H]4O[C@H](CO)[C@H](O)[C@H](O)[C@H]4O[C@@H]4O[C@@H](C)[C@@H](O)[C@@H](O)[C@@H]4O)[C@H]3NC(C)=O)[C@H]2O)[C@@H]1O. The monoisotopic (exact) mass is 1550 g/mol. The van der Waals surface area contributed by atoms with Crippen molar-refractivity contribution < 1.29 is 212 Å². The van der Waals surface area contributed by atoms with Crippen LogP contribution in [-0.4, -0.2) is 451 Å². The molecule has 9 fully saturated rings. The fourth-order valence-electron chi connectivity index (χ4n) is 13.9. The summed E-state index contributed by atoms with van der Waals surface area (Å²) >= 11 is 0. The van der Waals surface area contributed by atoms with Crippen LogP contribution in [-0.2, 0) is 94.9 Å². The van der Waals surface area contributed by atoms with Gasteiger partial charge in [-0.1, -0.05) is 0 Å². The van der Waals surface area contributed by atoms with E-state index in [9.17, 15) is 132 Å². The van der Waals surface area contributed by atoms with Crippen molar-refractivity contribution in [1.82, 2.24) is 16.0 Å². The van der Waals surface area contributed by atoms with Crippen LogP contribution in [0.2, 0.25) is 0 Å². The Morgan fingerprint density at radius 3 is 1.04 bits per heavy atom. The summed E-state index contributed by atoms with van der Waals surface area (Å²) in [6.45, 7) is 0.344. The highest BCUT2D eigenvalue weighted by molar-refractivity contribution is 5.74. The van der Waals surface area contributed by atoms with Gasteiger partial charge in [0.2, 0.25) is 17.7 Å². The molecular weight excluding hydrogens is 1450 g/mol. The maximum Gasteiger partial charge on any atom is 0.217 e. The van der Waals surface area contributed by atoms with Gasteiger partial charge in [0.05, 0.1) is 58.0 Å². The Labute approximate surface area is 602 Å². The molecule has 0 aromatic heterocycles. The van der Waals surface area contributed by atoms with Gasteiger partial charge in [0.15, 0.2) is 56.6 Å². The molecule has 46 heteroatoms. The second-order valence-electron chi connectivity index (χ2n) is 27.4. The summed E-state index contributed by atoms with van der Waals surface area (Å²) in [5.74, 6) is -2.72. The average molecular weight is 1550 g/mol. The van der Waals surface area contributed by atoms with Gasteiger partial charge in [-0.25, -0.2) is 0 Å². The number of aliphatic hydroxyl groups is 23. The van der Waals surface area contributed by atoms with Crippen LogP contribution in [0.15, 0.2) is 0 Å². The molecule has 0 saturated carbocycles. The number of hydrogen-bond acceptors (Lipinski definition) is 43. The smallest absolute Gasteiger partial charge is 0.217 e. The Bertz CT molecular complexity index is 2790. The first-order valence-electron chi connectivity index (χ1n) is 34.2. The van der Waals surface area contributed by atoms with E-state index in [0.717, 1.165) is 20.8 Å². The van der Waals surface area contributed by atoms with E-state index in [1.807, 2.05) is 0 Å². The molecule has 0 aromatic rings. The lowest BCUT2D eigenvalue weighted by Gasteiger charge is -2.52. The van der Waals surface area contributed by atoms with Crippen LogP contribution in [0.4, 0.5) is 0 Å². The number of aliphatic hydroxyl groups excluding tert-OH is 23. The number of amides is 3. The zero-order valence-corrected chi connectivity index (χ0v) is 57.7. The first-order chi connectivity index (χ1) is 50.0. The van der Waals surface area contributed by atoms with Gasteiger partial charge in [0, 0.05) is 20.8 Å². The third kappa shape index (κ3) is 18.7. The minimum atomic E-state index is -2.39. The minimum absolute atomic E-state index is 0.844. The standard InChI is InChI=1S/C60H101N3O43/c1-13-28(72)36(80)41(85)55(91-13)101-46-23(11-68)99-54(27(63-18(6)71)48(46)103-60-51(40(84)32(76)20(8-65)97-60)106-57-43(87)38(82)30(74)15(3)93-57)104-49-33(77)21(9-66)95-58(44(49)88)100-45-22(10-67)98-53(25(35(45)79)61-16(4)69)90-12-24-34(78)47(26(52(89)94-24)62-17(5)70)102-59-50(39(83)31(75)19(7-64)96-59)105-56-42(86)37(81)29(73)14(2)92-56/h13-15,19-60,64-68,72-89H,7-12H2,1-6H3,(H,61,69)(H,62,70)(H,63,71)/t13-,14-,15-,19+,20+,21+,22+,23+,24+,25+,26+,27+,28+,29+,30+,31-,32-,33-,34-,35+,36+,37+,38+,39-,40-,41-,42-,43-,44+,45+,46+,47+,48+,49-,50+,51+,52?,53+,54-,55-,56-,57-,58-,59-,60-/m0/s1. The quantitative estimate of drug-likeness (QED) is 0.0404. The molecule has 9 saturated heterocycles. The van der Waals surface area contributed by atoms with Crippen LogP contribution in [0.3, 0.4) is 0 Å². The highest BCUT2D eigenvalue weighted by Crippen LogP contribution is 2.40. The molecule has 106 heavy (non-hydrogen) atoms. The summed E-state index contributed by atoms with van der Waals surface area (Å²) in [7, 11) is 0. The maximum absolute atomic E-state index is 13.5. The molecule has 1 unspecified atom stereocenters. The second kappa shape index (κ2) is 37.2. The first kappa shape index (κ1) is 86.8. The van der Waals surface area contributed by atoms with Gasteiger partial charge in [-0.2, -0.15) is 0 Å². The number of ether oxygens (including phenoxy) is 17. The molecule has 0 aliphatic carbocycles. The minimum Gasteiger partial charge on any atom is -0.394 e. The lowest BCUT2D eigenvalue weighted by atomic mass is 9.93. The van der Waals surface area contributed by atoms with Crippen molar-refractivity contribution in [3.05, 3.63) is 0 Å². The molecule has 0 aromatic carbocycles. The fourth-order valence-corrected chi connectivity index (χ4v) is 13.9. The lowest BCUT2D eigenvalue weighted by Crippen LogP contribution is -2.71. The summed E-state index contributed by atoms with van der Waals surface area (Å²) in [6, 6.07) is -5.58. The van der Waals surface area contributed by atoms with Crippen LogP contribution in [0.25, 0.3) is 0 Å². The molecule has 9 rings (SSSR count). The van der Waals surface area contributed by atoms with E-state index in [0.29, 0.717) is 0 Å². The third-order valence-electron chi connectivity index (χ3n) is 19.8. The van der Waals surface area contributed by atoms with Crippen LogP contribution in [0.5, 0.6) is 0 Å². The predicted octanol–water partition coefficient (Wildman–Crippen LogP) is -17.1. The molecule has 45 atom stereocenters. The maximum atomic E-state index is 13.5. The van der Waals surface area contributed by atoms with E-state index in [2.05, 4.69) is 16.0 Å². The molecule has 0 bridgehead atoms. The van der Waals surface area contributed by atoms with E-state index in [1.165, 1.54) is 20.8 Å². The van der Waals surface area contributed by atoms with Gasteiger partial charge in [-0.15, -0.1) is 0 Å². The molecule has 3 amide bonds. The summed E-state index contributed by atoms with van der Waals surface area (Å²) in [5.41, 5.74) is 0. The van der Waals surface area contributed by atoms with E-state index >= 15 is 0 Å². The summed E-state index contributed by atoms with van der Waals surface area (Å²) in [4.78, 5) is 39.0. The van der Waals surface area contributed by atoms with Gasteiger partial charge in [0.1, 0.15) is 201 Å². The number of carbonyl (C=O) groups is 3. The normalized spacial score (nSPS) is 51.1. The van der Waals surface area contributed by atoms with Crippen molar-refractivity contribution in [3.8, 4) is 0 Å². The molecule has 9 aliphatic heterocycles. The molecular formula is C60H101N3O43.